The molecule has 2 amide bonds. The van der Waals surface area contributed by atoms with Crippen molar-refractivity contribution in [3.8, 4) is 0 Å². The van der Waals surface area contributed by atoms with Crippen molar-refractivity contribution in [1.29, 1.82) is 0 Å². The second kappa shape index (κ2) is 7.08. The largest absolute Gasteiger partial charge is 0.449 e. The molecule has 0 aromatic heterocycles. The van der Waals surface area contributed by atoms with E-state index in [4.69, 9.17) is 4.74 Å². The Balaban J connectivity index is 1.46. The molecule has 0 radical (unpaired) electrons. The van der Waals surface area contributed by atoms with Crippen LogP contribution < -0.4 is 10.2 Å². The number of thioether (sulfide) groups is 1. The van der Waals surface area contributed by atoms with Gasteiger partial charge in [-0.3, -0.25) is 9.59 Å². The molecule has 2 aromatic carbocycles. The van der Waals surface area contributed by atoms with Gasteiger partial charge in [-0.15, -0.1) is 11.8 Å². The van der Waals surface area contributed by atoms with Gasteiger partial charge in [-0.25, -0.2) is 4.79 Å². The molecule has 0 fully saturated rings. The van der Waals surface area contributed by atoms with E-state index in [-0.39, 0.29) is 11.8 Å². The zero-order valence-corrected chi connectivity index (χ0v) is 15.5. The Hall–Kier alpha value is -2.80. The van der Waals surface area contributed by atoms with Crippen LogP contribution >= 0.6 is 11.8 Å². The Labute approximate surface area is 160 Å². The van der Waals surface area contributed by atoms with Gasteiger partial charge in [0.05, 0.1) is 17.0 Å². The number of hydrogen-bond acceptors (Lipinski definition) is 5. The number of hydrogen-bond donors (Lipinski definition) is 1. The molecule has 27 heavy (non-hydrogen) atoms. The van der Waals surface area contributed by atoms with E-state index in [0.717, 1.165) is 22.6 Å². The maximum absolute atomic E-state index is 12.7. The van der Waals surface area contributed by atoms with Crippen molar-refractivity contribution in [1.82, 2.24) is 0 Å². The molecular weight excluding hydrogens is 364 g/mol. The average Bonchev–Trinajstić information content (AvgIpc) is 3.10. The van der Waals surface area contributed by atoms with Crippen LogP contribution in [0.2, 0.25) is 0 Å². The topological polar surface area (TPSA) is 75.7 Å². The van der Waals surface area contributed by atoms with Crippen LogP contribution in [0.1, 0.15) is 22.8 Å². The normalized spacial score (nSPS) is 16.2. The van der Waals surface area contributed by atoms with Crippen LogP contribution in [0.4, 0.5) is 11.4 Å². The molecule has 1 atom stereocenters. The van der Waals surface area contributed by atoms with Crippen molar-refractivity contribution in [3.63, 3.8) is 0 Å². The number of esters is 1. The first-order valence-electron chi connectivity index (χ1n) is 8.70. The Bertz CT molecular complexity index is 943. The third kappa shape index (κ3) is 3.42. The number of rotatable bonds is 3. The summed E-state index contributed by atoms with van der Waals surface area (Å²) in [4.78, 5) is 39.3. The first kappa shape index (κ1) is 17.6. The highest BCUT2D eigenvalue weighted by molar-refractivity contribution is 8.00. The van der Waals surface area contributed by atoms with Crippen molar-refractivity contribution in [3.05, 3.63) is 53.6 Å². The summed E-state index contributed by atoms with van der Waals surface area (Å²) in [6.07, 6.45) is -0.103. The number of nitrogens with zero attached hydrogens (tertiary/aromatic N) is 1. The van der Waals surface area contributed by atoms with Crippen LogP contribution in [0.25, 0.3) is 0 Å². The molecule has 138 valence electrons. The van der Waals surface area contributed by atoms with E-state index >= 15 is 0 Å². The number of ether oxygens (including phenoxy) is 1. The number of carbonyl (C=O) groups excluding carboxylic acids is 3. The molecule has 2 aromatic rings. The lowest BCUT2D eigenvalue weighted by molar-refractivity contribution is -0.126. The number of para-hydroxylation sites is 1. The summed E-state index contributed by atoms with van der Waals surface area (Å²) >= 11 is 1.42. The summed E-state index contributed by atoms with van der Waals surface area (Å²) in [6.45, 7) is 2.17. The maximum Gasteiger partial charge on any atom is 0.338 e. The lowest BCUT2D eigenvalue weighted by Gasteiger charge is -2.22. The molecule has 1 unspecified atom stereocenters. The van der Waals surface area contributed by atoms with Crippen molar-refractivity contribution < 1.29 is 19.1 Å². The molecule has 2 heterocycles. The monoisotopic (exact) mass is 382 g/mol. The Kier molecular flexibility index (Phi) is 4.61. The second-order valence-electron chi connectivity index (χ2n) is 6.46. The number of anilines is 2. The molecular formula is C20H18N2O4S. The smallest absolute Gasteiger partial charge is 0.338 e. The fourth-order valence-corrected chi connectivity index (χ4v) is 4.06. The Morgan fingerprint density at radius 2 is 2.04 bits per heavy atom. The number of amides is 2. The molecule has 0 bridgehead atoms. The highest BCUT2D eigenvalue weighted by Crippen LogP contribution is 2.32. The van der Waals surface area contributed by atoms with E-state index in [1.54, 1.807) is 30.0 Å². The van der Waals surface area contributed by atoms with E-state index in [2.05, 4.69) is 5.32 Å². The van der Waals surface area contributed by atoms with Gasteiger partial charge in [0.1, 0.15) is 0 Å². The molecule has 4 rings (SSSR count). The SMILES string of the molecule is CC(OC(=O)c1ccc2c(c1)NC(=O)CS2)C(=O)N1CCc2ccccc21. The molecule has 0 saturated heterocycles. The van der Waals surface area contributed by atoms with Gasteiger partial charge in [0.15, 0.2) is 6.10 Å². The van der Waals surface area contributed by atoms with Crippen LogP contribution in [-0.2, 0) is 20.7 Å². The van der Waals surface area contributed by atoms with Crippen molar-refractivity contribution in [2.45, 2.75) is 24.3 Å². The predicted molar refractivity (Wildman–Crippen MR) is 103 cm³/mol. The average molecular weight is 382 g/mol. The van der Waals surface area contributed by atoms with Gasteiger partial charge in [0, 0.05) is 17.1 Å². The van der Waals surface area contributed by atoms with Crippen LogP contribution in [0, 0.1) is 0 Å². The molecule has 0 spiro atoms. The first-order valence-corrected chi connectivity index (χ1v) is 9.68. The zero-order chi connectivity index (χ0) is 19.0. The third-order valence-electron chi connectivity index (χ3n) is 4.63. The summed E-state index contributed by atoms with van der Waals surface area (Å²) in [7, 11) is 0. The summed E-state index contributed by atoms with van der Waals surface area (Å²) in [5, 5.41) is 2.74. The van der Waals surface area contributed by atoms with Crippen LogP contribution in [0.3, 0.4) is 0 Å². The summed E-state index contributed by atoms with van der Waals surface area (Å²) in [6, 6.07) is 12.7. The van der Waals surface area contributed by atoms with E-state index in [0.29, 0.717) is 23.5 Å². The third-order valence-corrected chi connectivity index (χ3v) is 5.71. The quantitative estimate of drug-likeness (QED) is 0.826. The minimum absolute atomic E-state index is 0.103. The molecule has 7 heteroatoms. The van der Waals surface area contributed by atoms with Gasteiger partial charge >= 0.3 is 5.97 Å². The first-order chi connectivity index (χ1) is 13.0. The molecule has 6 nitrogen and oxygen atoms in total. The summed E-state index contributed by atoms with van der Waals surface area (Å²) < 4.78 is 5.39. The van der Waals surface area contributed by atoms with Gasteiger partial charge in [-0.1, -0.05) is 18.2 Å². The van der Waals surface area contributed by atoms with Crippen LogP contribution in [-0.4, -0.2) is 36.2 Å². The maximum atomic E-state index is 12.7. The number of benzene rings is 2. The highest BCUT2D eigenvalue weighted by atomic mass is 32.2. The van der Waals surface area contributed by atoms with E-state index < -0.39 is 12.1 Å². The van der Waals surface area contributed by atoms with Gasteiger partial charge in [-0.2, -0.15) is 0 Å². The van der Waals surface area contributed by atoms with Crippen LogP contribution in [0.5, 0.6) is 0 Å². The molecule has 0 saturated carbocycles. The fourth-order valence-electron chi connectivity index (χ4n) is 3.28. The van der Waals surface area contributed by atoms with E-state index in [1.165, 1.54) is 11.8 Å². The van der Waals surface area contributed by atoms with Crippen molar-refractivity contribution in [2.24, 2.45) is 0 Å². The van der Waals surface area contributed by atoms with Gasteiger partial charge in [0.2, 0.25) is 5.91 Å². The molecule has 0 aliphatic carbocycles. The van der Waals surface area contributed by atoms with Gasteiger partial charge < -0.3 is 15.0 Å². The minimum Gasteiger partial charge on any atom is -0.449 e. The van der Waals surface area contributed by atoms with E-state index in [9.17, 15) is 14.4 Å². The lowest BCUT2D eigenvalue weighted by atomic mass is 10.2. The van der Waals surface area contributed by atoms with Crippen molar-refractivity contribution in [2.75, 3.05) is 22.5 Å². The Morgan fingerprint density at radius 1 is 1.22 bits per heavy atom. The lowest BCUT2D eigenvalue weighted by Crippen LogP contribution is -2.39. The second-order valence-corrected chi connectivity index (χ2v) is 7.48. The highest BCUT2D eigenvalue weighted by Gasteiger charge is 2.30. The van der Waals surface area contributed by atoms with Gasteiger partial charge in [-0.05, 0) is 43.2 Å². The minimum atomic E-state index is -0.899. The number of nitrogens with one attached hydrogen (secondary N) is 1. The fraction of sp³-hybridized carbons (Fsp3) is 0.250. The Morgan fingerprint density at radius 3 is 2.89 bits per heavy atom. The number of fused-ring (bicyclic) bond motifs is 2. The summed E-state index contributed by atoms with van der Waals surface area (Å²) in [5.41, 5.74) is 2.89. The molecule has 2 aliphatic heterocycles. The standard InChI is InChI=1S/C20H18N2O4S/c1-12(19(24)22-9-8-13-4-2-3-5-16(13)22)26-20(25)14-6-7-17-15(10-14)21-18(23)11-27-17/h2-7,10,12H,8-9,11H2,1H3,(H,21,23). The summed E-state index contributed by atoms with van der Waals surface area (Å²) in [5.74, 6) is -0.569. The van der Waals surface area contributed by atoms with Gasteiger partial charge in [0.25, 0.3) is 5.91 Å². The molecule has 1 N–H and O–H groups in total. The number of carbonyl (C=O) groups is 3. The van der Waals surface area contributed by atoms with Crippen molar-refractivity contribution >= 4 is 40.9 Å². The zero-order valence-electron chi connectivity index (χ0n) is 14.7. The van der Waals surface area contributed by atoms with Crippen LogP contribution in [0.15, 0.2) is 47.4 Å². The molecule has 2 aliphatic rings. The van der Waals surface area contributed by atoms with E-state index in [1.807, 2.05) is 24.3 Å². The predicted octanol–water partition coefficient (Wildman–Crippen LogP) is 2.87.